The lowest BCUT2D eigenvalue weighted by molar-refractivity contribution is 0.578. The maximum Gasteiger partial charge on any atom is 0.0366 e. The fourth-order valence-electron chi connectivity index (χ4n) is 2.68. The average Bonchev–Trinajstić information content (AvgIpc) is 3.08. The van der Waals surface area contributed by atoms with Crippen molar-refractivity contribution in [2.24, 2.45) is 5.73 Å². The highest BCUT2D eigenvalue weighted by Crippen LogP contribution is 2.39. The number of benzene rings is 1. The topological polar surface area (TPSA) is 29.3 Å². The molecule has 1 aliphatic carbocycles. The summed E-state index contributed by atoms with van der Waals surface area (Å²) in [4.78, 5) is 2.50. The molecule has 3 rings (SSSR count). The van der Waals surface area contributed by atoms with Gasteiger partial charge in [0.25, 0.3) is 0 Å². The quantitative estimate of drug-likeness (QED) is 0.823. The van der Waals surface area contributed by atoms with Crippen molar-refractivity contribution < 1.29 is 0 Å². The van der Waals surface area contributed by atoms with Gasteiger partial charge in [0.2, 0.25) is 0 Å². The summed E-state index contributed by atoms with van der Waals surface area (Å²) < 4.78 is 0. The first-order valence-corrected chi connectivity index (χ1v) is 6.45. The van der Waals surface area contributed by atoms with Gasteiger partial charge in [0.05, 0.1) is 0 Å². The van der Waals surface area contributed by atoms with Crippen LogP contribution in [0, 0.1) is 0 Å². The molecule has 2 atom stereocenters. The van der Waals surface area contributed by atoms with Gasteiger partial charge in [0.15, 0.2) is 0 Å². The number of nitrogens with zero attached hydrogens (tertiary/aromatic N) is 1. The van der Waals surface area contributed by atoms with Gasteiger partial charge in [-0.3, -0.25) is 0 Å². The number of rotatable bonds is 2. The van der Waals surface area contributed by atoms with Crippen LogP contribution in [0.1, 0.15) is 37.2 Å². The summed E-state index contributed by atoms with van der Waals surface area (Å²) >= 11 is 0. The highest BCUT2D eigenvalue weighted by molar-refractivity contribution is 5.49. The van der Waals surface area contributed by atoms with Gasteiger partial charge in [-0.2, -0.15) is 0 Å². The van der Waals surface area contributed by atoms with Crippen LogP contribution >= 0.6 is 0 Å². The van der Waals surface area contributed by atoms with Crippen LogP contribution in [-0.4, -0.2) is 19.1 Å². The van der Waals surface area contributed by atoms with Crippen molar-refractivity contribution in [1.82, 2.24) is 0 Å². The molecule has 0 bridgehead atoms. The molecule has 2 unspecified atom stereocenters. The van der Waals surface area contributed by atoms with Crippen molar-refractivity contribution in [3.8, 4) is 0 Å². The van der Waals surface area contributed by atoms with E-state index >= 15 is 0 Å². The van der Waals surface area contributed by atoms with Crippen molar-refractivity contribution in [3.63, 3.8) is 0 Å². The standard InChI is InChI=1S/C14H20N2/c15-14-10-13(14)11-4-6-12(7-5-11)16-8-2-1-3-9-16/h4-7,13-14H,1-3,8-10,15H2. The summed E-state index contributed by atoms with van der Waals surface area (Å²) in [6.07, 6.45) is 5.25. The van der Waals surface area contributed by atoms with E-state index in [4.69, 9.17) is 5.73 Å². The van der Waals surface area contributed by atoms with Gasteiger partial charge in [0, 0.05) is 30.7 Å². The van der Waals surface area contributed by atoms with Crippen molar-refractivity contribution in [1.29, 1.82) is 0 Å². The minimum atomic E-state index is 0.417. The Kier molecular flexibility index (Phi) is 2.60. The van der Waals surface area contributed by atoms with E-state index in [-0.39, 0.29) is 0 Å². The molecule has 2 fully saturated rings. The number of anilines is 1. The molecule has 0 radical (unpaired) electrons. The Morgan fingerprint density at radius 2 is 1.62 bits per heavy atom. The number of hydrogen-bond donors (Lipinski definition) is 1. The predicted octanol–water partition coefficient (Wildman–Crippen LogP) is 2.49. The minimum Gasteiger partial charge on any atom is -0.372 e. The third-order valence-electron chi connectivity index (χ3n) is 3.88. The van der Waals surface area contributed by atoms with E-state index in [0.29, 0.717) is 12.0 Å². The zero-order valence-corrected chi connectivity index (χ0v) is 9.73. The molecular formula is C14H20N2. The van der Waals surface area contributed by atoms with Gasteiger partial charge in [-0.15, -0.1) is 0 Å². The first-order valence-electron chi connectivity index (χ1n) is 6.45. The first-order chi connectivity index (χ1) is 7.84. The summed E-state index contributed by atoms with van der Waals surface area (Å²) in [6, 6.07) is 9.49. The zero-order valence-electron chi connectivity index (χ0n) is 9.73. The molecule has 16 heavy (non-hydrogen) atoms. The van der Waals surface area contributed by atoms with Gasteiger partial charge < -0.3 is 10.6 Å². The summed E-state index contributed by atoms with van der Waals surface area (Å²) in [6.45, 7) is 2.45. The van der Waals surface area contributed by atoms with E-state index in [2.05, 4.69) is 29.2 Å². The van der Waals surface area contributed by atoms with E-state index in [1.54, 1.807) is 0 Å². The minimum absolute atomic E-state index is 0.417. The van der Waals surface area contributed by atoms with Crippen LogP contribution in [0.2, 0.25) is 0 Å². The molecule has 0 spiro atoms. The predicted molar refractivity (Wildman–Crippen MR) is 67.8 cm³/mol. The van der Waals surface area contributed by atoms with Crippen molar-refractivity contribution in [2.45, 2.75) is 37.6 Å². The molecule has 2 nitrogen and oxygen atoms in total. The molecule has 1 saturated carbocycles. The van der Waals surface area contributed by atoms with E-state index in [0.717, 1.165) is 0 Å². The van der Waals surface area contributed by atoms with Gasteiger partial charge in [-0.05, 0) is 43.4 Å². The molecule has 0 aromatic heterocycles. The Hall–Kier alpha value is -1.02. The Morgan fingerprint density at radius 3 is 2.19 bits per heavy atom. The molecule has 1 heterocycles. The third-order valence-corrected chi connectivity index (χ3v) is 3.88. The second-order valence-electron chi connectivity index (χ2n) is 5.15. The Labute approximate surface area is 97.4 Å². The third kappa shape index (κ3) is 1.94. The largest absolute Gasteiger partial charge is 0.372 e. The smallest absolute Gasteiger partial charge is 0.0366 e. The Balaban J connectivity index is 1.71. The summed E-state index contributed by atoms with van der Waals surface area (Å²) in [5.74, 6) is 0.635. The molecule has 1 aromatic carbocycles. The van der Waals surface area contributed by atoms with Crippen molar-refractivity contribution in [3.05, 3.63) is 29.8 Å². The van der Waals surface area contributed by atoms with Crippen LogP contribution in [0.25, 0.3) is 0 Å². The van der Waals surface area contributed by atoms with Crippen molar-refractivity contribution >= 4 is 5.69 Å². The summed E-state index contributed by atoms with van der Waals surface area (Å²) in [5, 5.41) is 0. The van der Waals surface area contributed by atoms with Gasteiger partial charge in [-0.25, -0.2) is 0 Å². The van der Waals surface area contributed by atoms with E-state index < -0.39 is 0 Å². The van der Waals surface area contributed by atoms with E-state index in [9.17, 15) is 0 Å². The van der Waals surface area contributed by atoms with Crippen LogP contribution < -0.4 is 10.6 Å². The fraction of sp³-hybridized carbons (Fsp3) is 0.571. The fourth-order valence-corrected chi connectivity index (χ4v) is 2.68. The molecule has 2 N–H and O–H groups in total. The molecule has 1 aliphatic heterocycles. The molecule has 1 aromatic rings. The van der Waals surface area contributed by atoms with E-state index in [1.165, 1.54) is 50.0 Å². The maximum atomic E-state index is 5.87. The normalized spacial score (nSPS) is 29.2. The van der Waals surface area contributed by atoms with Crippen LogP contribution in [-0.2, 0) is 0 Å². The van der Waals surface area contributed by atoms with Crippen LogP contribution in [0.5, 0.6) is 0 Å². The first kappa shape index (κ1) is 10.2. The lowest BCUT2D eigenvalue weighted by Crippen LogP contribution is -2.29. The SMILES string of the molecule is NC1CC1c1ccc(N2CCCCC2)cc1. The number of hydrogen-bond acceptors (Lipinski definition) is 2. The van der Waals surface area contributed by atoms with Crippen molar-refractivity contribution in [2.75, 3.05) is 18.0 Å². The molecule has 2 aliphatic rings. The Bertz CT molecular complexity index is 352. The zero-order chi connectivity index (χ0) is 11.0. The second kappa shape index (κ2) is 4.10. The van der Waals surface area contributed by atoms with E-state index in [1.807, 2.05) is 0 Å². The lowest BCUT2D eigenvalue weighted by atomic mass is 10.1. The second-order valence-corrected chi connectivity index (χ2v) is 5.15. The van der Waals surface area contributed by atoms with Gasteiger partial charge in [0.1, 0.15) is 0 Å². The highest BCUT2D eigenvalue weighted by Gasteiger charge is 2.34. The van der Waals surface area contributed by atoms with Crippen LogP contribution in [0.3, 0.4) is 0 Å². The molecule has 1 saturated heterocycles. The molecular weight excluding hydrogens is 196 g/mol. The number of piperidine rings is 1. The highest BCUT2D eigenvalue weighted by atomic mass is 15.1. The number of nitrogens with two attached hydrogens (primary N) is 1. The average molecular weight is 216 g/mol. The molecule has 86 valence electrons. The van der Waals surface area contributed by atoms with Crippen LogP contribution in [0.15, 0.2) is 24.3 Å². The summed E-state index contributed by atoms with van der Waals surface area (Å²) in [7, 11) is 0. The van der Waals surface area contributed by atoms with Crippen LogP contribution in [0.4, 0.5) is 5.69 Å². The van der Waals surface area contributed by atoms with Gasteiger partial charge >= 0.3 is 0 Å². The lowest BCUT2D eigenvalue weighted by Gasteiger charge is -2.28. The molecule has 2 heteroatoms. The van der Waals surface area contributed by atoms with Gasteiger partial charge in [-0.1, -0.05) is 12.1 Å². The maximum absolute atomic E-state index is 5.87. The molecule has 0 amide bonds. The summed E-state index contributed by atoms with van der Waals surface area (Å²) in [5.41, 5.74) is 8.68. The Morgan fingerprint density at radius 1 is 1.00 bits per heavy atom. The monoisotopic (exact) mass is 216 g/mol.